The number of nitrogen functional groups attached to an aromatic ring is 2. The maximum Gasteiger partial charge on any atom is 0.419 e. The molecule has 4 N–H and O–H groups in total. The van der Waals surface area contributed by atoms with Crippen LogP contribution in [-0.4, -0.2) is 0 Å². The third kappa shape index (κ3) is 5.34. The summed E-state index contributed by atoms with van der Waals surface area (Å²) in [4.78, 5) is -0.00495. The van der Waals surface area contributed by atoms with Crippen molar-refractivity contribution in [2.45, 2.75) is 24.7 Å². The molecule has 0 saturated carbocycles. The number of nitrogens with two attached hydrogens (primary N) is 2. The van der Waals surface area contributed by atoms with Crippen LogP contribution in [0.15, 0.2) is 54.6 Å². The fourth-order valence-electron chi connectivity index (χ4n) is 3.76. The Kier molecular flexibility index (Phi) is 6.73. The van der Waals surface area contributed by atoms with Crippen LogP contribution in [0.1, 0.15) is 22.3 Å². The van der Waals surface area contributed by atoms with Crippen LogP contribution >= 0.6 is 0 Å². The molecule has 3 nitrogen and oxygen atoms in total. The van der Waals surface area contributed by atoms with Gasteiger partial charge in [0, 0.05) is 17.1 Å². The van der Waals surface area contributed by atoms with E-state index in [1.807, 2.05) is 0 Å². The molecule has 0 fully saturated rings. The fraction of sp³-hybridized carbons (Fsp3) is 0.182. The molecule has 3 aromatic carbocycles. The minimum Gasteiger partial charge on any atom is -0.398 e. The Morgan fingerprint density at radius 2 is 0.757 bits per heavy atom. The summed E-state index contributed by atoms with van der Waals surface area (Å²) in [5.74, 6) is 0. The highest BCUT2D eigenvalue weighted by atomic mass is 19.4. The van der Waals surface area contributed by atoms with Crippen LogP contribution in [0.5, 0.6) is 0 Å². The van der Waals surface area contributed by atoms with Crippen molar-refractivity contribution >= 4 is 28.4 Å². The lowest BCUT2D eigenvalue weighted by Crippen LogP contribution is -2.26. The van der Waals surface area contributed by atoms with Gasteiger partial charge >= 0.3 is 24.7 Å². The summed E-state index contributed by atoms with van der Waals surface area (Å²) in [6, 6.07) is 6.66. The first-order chi connectivity index (χ1) is 16.8. The van der Waals surface area contributed by atoms with E-state index < -0.39 is 75.4 Å². The van der Waals surface area contributed by atoms with Crippen LogP contribution in [0.3, 0.4) is 0 Å². The summed E-state index contributed by atoms with van der Waals surface area (Å²) < 4.78 is 167. The van der Waals surface area contributed by atoms with Crippen LogP contribution in [0.25, 0.3) is 0 Å². The minimum atomic E-state index is -5.86. The lowest BCUT2D eigenvalue weighted by atomic mass is 9.97. The lowest BCUT2D eigenvalue weighted by molar-refractivity contribution is -0.161. The Balaban J connectivity index is 2.61. The van der Waals surface area contributed by atoms with Gasteiger partial charge in [0.1, 0.15) is 0 Å². The second-order valence-electron chi connectivity index (χ2n) is 7.51. The number of alkyl halides is 12. The van der Waals surface area contributed by atoms with Gasteiger partial charge in [-0.2, -0.15) is 52.7 Å². The van der Waals surface area contributed by atoms with E-state index in [9.17, 15) is 52.7 Å². The Hall–Kier alpha value is -3.78. The predicted molar refractivity (Wildman–Crippen MR) is 110 cm³/mol. The number of rotatable bonds is 3. The molecule has 0 heterocycles. The van der Waals surface area contributed by atoms with Crippen LogP contribution in [0, 0.1) is 0 Å². The van der Waals surface area contributed by atoms with E-state index in [2.05, 4.69) is 0 Å². The molecule has 0 atom stereocenters. The zero-order chi connectivity index (χ0) is 28.1. The van der Waals surface area contributed by atoms with Crippen molar-refractivity contribution in [2.75, 3.05) is 16.4 Å². The van der Waals surface area contributed by atoms with E-state index in [4.69, 9.17) is 11.5 Å². The standard InChI is InChI=1S/C22H13F12N3/c23-19(24,25)15-11(35)6-8-13(17(15)21(29,30)31)37(10-4-2-1-3-5-10)14-9-7-12(36)16(20(26,27)28)18(14)22(32,33)34/h1-9H,35-36H2. The topological polar surface area (TPSA) is 55.3 Å². The molecule has 0 aliphatic carbocycles. The molecule has 0 aliphatic rings. The zero-order valence-electron chi connectivity index (χ0n) is 17.8. The number of anilines is 5. The maximum absolute atomic E-state index is 14.1. The smallest absolute Gasteiger partial charge is 0.398 e. The highest BCUT2D eigenvalue weighted by Crippen LogP contribution is 2.54. The first kappa shape index (κ1) is 27.8. The average Bonchev–Trinajstić information content (AvgIpc) is 2.73. The zero-order valence-corrected chi connectivity index (χ0v) is 17.8. The first-order valence-corrected chi connectivity index (χ1v) is 9.75. The van der Waals surface area contributed by atoms with E-state index in [1.165, 1.54) is 6.07 Å². The van der Waals surface area contributed by atoms with Gasteiger partial charge in [-0.15, -0.1) is 0 Å². The van der Waals surface area contributed by atoms with Gasteiger partial charge in [0.2, 0.25) is 0 Å². The van der Waals surface area contributed by atoms with Crippen LogP contribution in [-0.2, 0) is 24.7 Å². The van der Waals surface area contributed by atoms with E-state index in [-0.39, 0.29) is 4.90 Å². The molecule has 200 valence electrons. The number of hydrogen-bond donors (Lipinski definition) is 2. The molecule has 0 saturated heterocycles. The van der Waals surface area contributed by atoms with Crippen LogP contribution in [0.4, 0.5) is 81.1 Å². The molecule has 0 amide bonds. The molecule has 37 heavy (non-hydrogen) atoms. The Morgan fingerprint density at radius 3 is 1.05 bits per heavy atom. The van der Waals surface area contributed by atoms with Crippen LogP contribution in [0.2, 0.25) is 0 Å². The lowest BCUT2D eigenvalue weighted by Gasteiger charge is -2.33. The molecule has 15 heteroatoms. The molecule has 3 rings (SSSR count). The van der Waals surface area contributed by atoms with Gasteiger partial charge in [0.25, 0.3) is 0 Å². The van der Waals surface area contributed by atoms with E-state index in [0.717, 1.165) is 24.3 Å². The van der Waals surface area contributed by atoms with E-state index in [0.29, 0.717) is 24.3 Å². The third-order valence-corrected chi connectivity index (χ3v) is 5.06. The highest BCUT2D eigenvalue weighted by Gasteiger charge is 2.50. The first-order valence-electron chi connectivity index (χ1n) is 9.75. The Morgan fingerprint density at radius 1 is 0.432 bits per heavy atom. The Labute approximate surface area is 199 Å². The van der Waals surface area contributed by atoms with Gasteiger partial charge in [-0.05, 0) is 36.4 Å². The molecule has 0 spiro atoms. The summed E-state index contributed by atoms with van der Waals surface area (Å²) in [6.07, 6.45) is -23.2. The van der Waals surface area contributed by atoms with Crippen molar-refractivity contribution in [1.29, 1.82) is 0 Å². The second kappa shape index (κ2) is 8.95. The average molecular weight is 547 g/mol. The number of para-hydroxylation sites is 1. The highest BCUT2D eigenvalue weighted by molar-refractivity contribution is 5.85. The van der Waals surface area contributed by atoms with Gasteiger partial charge in [-0.1, -0.05) is 18.2 Å². The fourth-order valence-corrected chi connectivity index (χ4v) is 3.76. The molecule has 0 bridgehead atoms. The summed E-state index contributed by atoms with van der Waals surface area (Å²) >= 11 is 0. The van der Waals surface area contributed by atoms with E-state index >= 15 is 0 Å². The van der Waals surface area contributed by atoms with Gasteiger partial charge in [0.15, 0.2) is 0 Å². The number of hydrogen-bond acceptors (Lipinski definition) is 3. The van der Waals surface area contributed by atoms with Crippen molar-refractivity contribution in [3.8, 4) is 0 Å². The van der Waals surface area contributed by atoms with Gasteiger partial charge in [-0.3, -0.25) is 0 Å². The quantitative estimate of drug-likeness (QED) is 0.256. The van der Waals surface area contributed by atoms with Crippen molar-refractivity contribution < 1.29 is 52.7 Å². The maximum atomic E-state index is 14.1. The minimum absolute atomic E-state index is 0.00495. The second-order valence-corrected chi connectivity index (χ2v) is 7.51. The summed E-state index contributed by atoms with van der Waals surface area (Å²) in [5.41, 5.74) is -6.02. The summed E-state index contributed by atoms with van der Waals surface area (Å²) in [7, 11) is 0. The SMILES string of the molecule is Nc1ccc(N(c2ccccc2)c2ccc(N)c(C(F)(F)F)c2C(F)(F)F)c(C(F)(F)F)c1C(F)(F)F. The summed E-state index contributed by atoms with van der Waals surface area (Å²) in [6.45, 7) is 0. The molecule has 0 radical (unpaired) electrons. The van der Waals surface area contributed by atoms with Crippen molar-refractivity contribution in [1.82, 2.24) is 0 Å². The number of nitrogens with zero attached hydrogens (tertiary/aromatic N) is 1. The normalized spacial score (nSPS) is 13.1. The molecular formula is C22H13F12N3. The predicted octanol–water partition coefficient (Wildman–Crippen LogP) is 8.40. The largest absolute Gasteiger partial charge is 0.419 e. The molecule has 3 aromatic rings. The summed E-state index contributed by atoms with van der Waals surface area (Å²) in [5, 5.41) is 0. The van der Waals surface area contributed by atoms with Crippen molar-refractivity contribution in [2.24, 2.45) is 0 Å². The van der Waals surface area contributed by atoms with Crippen molar-refractivity contribution in [3.63, 3.8) is 0 Å². The van der Waals surface area contributed by atoms with Gasteiger partial charge in [0.05, 0.1) is 33.6 Å². The molecule has 0 aliphatic heterocycles. The molecular weight excluding hydrogens is 534 g/mol. The van der Waals surface area contributed by atoms with Crippen molar-refractivity contribution in [3.05, 3.63) is 76.9 Å². The number of benzene rings is 3. The van der Waals surface area contributed by atoms with Crippen LogP contribution < -0.4 is 16.4 Å². The van der Waals surface area contributed by atoms with Gasteiger partial charge in [-0.25, -0.2) is 0 Å². The monoisotopic (exact) mass is 547 g/mol. The molecule has 0 unspecified atom stereocenters. The van der Waals surface area contributed by atoms with Gasteiger partial charge < -0.3 is 16.4 Å². The number of halogens is 12. The van der Waals surface area contributed by atoms with E-state index in [1.54, 1.807) is 0 Å². The molecule has 0 aromatic heterocycles. The third-order valence-electron chi connectivity index (χ3n) is 5.06. The Bertz CT molecular complexity index is 1210.